The fourth-order valence-corrected chi connectivity index (χ4v) is 3.16. The van der Waals surface area contributed by atoms with Crippen molar-refractivity contribution in [1.29, 1.82) is 0 Å². The summed E-state index contributed by atoms with van der Waals surface area (Å²) in [6, 6.07) is 7.94. The van der Waals surface area contributed by atoms with E-state index in [9.17, 15) is 4.79 Å². The Morgan fingerprint density at radius 2 is 1.38 bits per heavy atom. The second kappa shape index (κ2) is 14.3. The highest BCUT2D eigenvalue weighted by Crippen LogP contribution is 2.14. The predicted octanol–water partition coefficient (Wildman–Crippen LogP) is 6.19. The third-order valence-corrected chi connectivity index (χ3v) is 4.80. The van der Waals surface area contributed by atoms with Crippen molar-refractivity contribution in [2.75, 3.05) is 0 Å². The van der Waals surface area contributed by atoms with Crippen LogP contribution in [0.3, 0.4) is 0 Å². The van der Waals surface area contributed by atoms with E-state index < -0.39 is 5.97 Å². The maximum atomic E-state index is 10.6. The van der Waals surface area contributed by atoms with Gasteiger partial charge in [-0.25, -0.2) is 0 Å². The van der Waals surface area contributed by atoms with Crippen LogP contribution in [0, 0.1) is 0 Å². The molecule has 146 valence electrons. The lowest BCUT2D eigenvalue weighted by Gasteiger charge is -2.06. The highest BCUT2D eigenvalue weighted by molar-refractivity contribution is 6.01. The number of rotatable bonds is 15. The molecule has 0 spiro atoms. The molecule has 0 unspecified atom stereocenters. The monoisotopic (exact) mass is 361 g/mol. The van der Waals surface area contributed by atoms with Gasteiger partial charge in [0.05, 0.1) is 12.1 Å². The summed E-state index contributed by atoms with van der Waals surface area (Å²) in [4.78, 5) is 10.6. The Bertz CT molecular complexity index is 523. The van der Waals surface area contributed by atoms with Crippen molar-refractivity contribution in [1.82, 2.24) is 0 Å². The molecule has 1 rings (SSSR count). The lowest BCUT2D eigenvalue weighted by Crippen LogP contribution is -2.05. The first-order valence-corrected chi connectivity index (χ1v) is 10.2. The van der Waals surface area contributed by atoms with Gasteiger partial charge in [-0.2, -0.15) is 0 Å². The van der Waals surface area contributed by atoms with E-state index >= 15 is 0 Å². The van der Waals surface area contributed by atoms with Crippen molar-refractivity contribution >= 4 is 11.7 Å². The van der Waals surface area contributed by atoms with Crippen LogP contribution in [0.5, 0.6) is 0 Å². The van der Waals surface area contributed by atoms with Crippen LogP contribution in [-0.2, 0) is 11.2 Å². The van der Waals surface area contributed by atoms with Gasteiger partial charge >= 0.3 is 5.97 Å². The normalized spacial score (nSPS) is 11.7. The first kappa shape index (κ1) is 22.2. The third-order valence-electron chi connectivity index (χ3n) is 4.80. The van der Waals surface area contributed by atoms with Crippen LogP contribution >= 0.6 is 0 Å². The molecule has 0 saturated carbocycles. The first-order chi connectivity index (χ1) is 12.7. The van der Waals surface area contributed by atoms with Crippen LogP contribution in [0.1, 0.15) is 95.1 Å². The molecule has 2 N–H and O–H groups in total. The van der Waals surface area contributed by atoms with Gasteiger partial charge in [0.1, 0.15) is 0 Å². The van der Waals surface area contributed by atoms with Crippen molar-refractivity contribution in [3.63, 3.8) is 0 Å². The average molecular weight is 362 g/mol. The van der Waals surface area contributed by atoms with E-state index in [0.29, 0.717) is 5.71 Å². The molecule has 0 saturated heterocycles. The summed E-state index contributed by atoms with van der Waals surface area (Å²) < 4.78 is 0. The minimum atomic E-state index is -0.885. The van der Waals surface area contributed by atoms with Crippen LogP contribution < -0.4 is 0 Å². The molecule has 0 aromatic heterocycles. The molecule has 0 amide bonds. The molecule has 4 heteroatoms. The number of benzene rings is 1. The zero-order valence-corrected chi connectivity index (χ0v) is 16.3. The molecule has 0 radical (unpaired) electrons. The number of carboxylic acids is 1. The van der Waals surface area contributed by atoms with Gasteiger partial charge in [0.2, 0.25) is 0 Å². The minimum absolute atomic E-state index is 0.0280. The summed E-state index contributed by atoms with van der Waals surface area (Å²) in [5, 5.41) is 21.0. The zero-order chi connectivity index (χ0) is 19.0. The molecule has 0 atom stereocenters. The topological polar surface area (TPSA) is 69.9 Å². The summed E-state index contributed by atoms with van der Waals surface area (Å²) in [6.07, 6.45) is 14.7. The first-order valence-electron chi connectivity index (χ1n) is 10.2. The average Bonchev–Trinajstić information content (AvgIpc) is 2.64. The van der Waals surface area contributed by atoms with Gasteiger partial charge in [-0.3, -0.25) is 4.79 Å². The molecule has 0 heterocycles. The van der Waals surface area contributed by atoms with Crippen molar-refractivity contribution in [3.8, 4) is 0 Å². The van der Waals surface area contributed by atoms with Crippen LogP contribution in [0.25, 0.3) is 0 Å². The predicted molar refractivity (Wildman–Crippen MR) is 107 cm³/mol. The van der Waals surface area contributed by atoms with Crippen LogP contribution in [0.15, 0.2) is 29.4 Å². The second-order valence-electron chi connectivity index (χ2n) is 7.07. The highest BCUT2D eigenvalue weighted by Gasteiger charge is 2.07. The Hall–Kier alpha value is -1.84. The van der Waals surface area contributed by atoms with Gasteiger partial charge in [0, 0.05) is 6.42 Å². The van der Waals surface area contributed by atoms with Gasteiger partial charge < -0.3 is 10.3 Å². The van der Waals surface area contributed by atoms with Crippen molar-refractivity contribution in [3.05, 3.63) is 35.4 Å². The molecule has 4 nitrogen and oxygen atoms in total. The Labute approximate surface area is 158 Å². The number of hydrogen-bond donors (Lipinski definition) is 2. The number of oxime groups is 1. The standard InChI is InChI=1S/C22H35NO3/c1-2-3-4-5-6-7-8-9-10-11-12-19-13-15-20(16-14-19)21(23-26)17-18-22(24)25/h13-16,26H,2-12,17-18H2,1H3,(H,24,25)/b23-21-. The fourth-order valence-electron chi connectivity index (χ4n) is 3.16. The lowest BCUT2D eigenvalue weighted by atomic mass is 10.0. The number of nitrogens with zero attached hydrogens (tertiary/aromatic N) is 1. The highest BCUT2D eigenvalue weighted by atomic mass is 16.4. The fraction of sp³-hybridized carbons (Fsp3) is 0.636. The van der Waals surface area contributed by atoms with Gasteiger partial charge in [-0.1, -0.05) is 94.1 Å². The Morgan fingerprint density at radius 1 is 0.846 bits per heavy atom. The quantitative estimate of drug-likeness (QED) is 0.169. The molecule has 0 aliphatic rings. The van der Waals surface area contributed by atoms with Crippen LogP contribution in [-0.4, -0.2) is 22.0 Å². The van der Waals surface area contributed by atoms with Gasteiger partial charge in [-0.15, -0.1) is 0 Å². The van der Waals surface area contributed by atoms with E-state index in [-0.39, 0.29) is 12.8 Å². The van der Waals surface area contributed by atoms with E-state index in [1.807, 2.05) is 12.1 Å². The van der Waals surface area contributed by atoms with Gasteiger partial charge in [-0.05, 0) is 24.0 Å². The van der Waals surface area contributed by atoms with Crippen LogP contribution in [0.4, 0.5) is 0 Å². The molecule has 1 aromatic carbocycles. The summed E-state index contributed by atoms with van der Waals surface area (Å²) >= 11 is 0. The van der Waals surface area contributed by atoms with E-state index in [4.69, 9.17) is 10.3 Å². The Kier molecular flexibility index (Phi) is 12.2. The molecule has 0 bridgehead atoms. The molecule has 0 aliphatic heterocycles. The zero-order valence-electron chi connectivity index (χ0n) is 16.3. The third kappa shape index (κ3) is 10.2. The number of carboxylic acid groups (broad SMARTS) is 1. The molecule has 26 heavy (non-hydrogen) atoms. The van der Waals surface area contributed by atoms with E-state index in [1.54, 1.807) is 0 Å². The number of hydrogen-bond acceptors (Lipinski definition) is 3. The van der Waals surface area contributed by atoms with Gasteiger partial charge in [0.15, 0.2) is 0 Å². The SMILES string of the molecule is CCCCCCCCCCCCc1ccc(/C(CCC(=O)O)=N\O)cc1. The van der Waals surface area contributed by atoms with E-state index in [1.165, 1.54) is 69.8 Å². The van der Waals surface area contributed by atoms with Crippen LogP contribution in [0.2, 0.25) is 0 Å². The van der Waals surface area contributed by atoms with E-state index in [2.05, 4.69) is 24.2 Å². The van der Waals surface area contributed by atoms with E-state index in [0.717, 1.165) is 12.0 Å². The number of aliphatic carboxylic acids is 1. The minimum Gasteiger partial charge on any atom is -0.481 e. The molecule has 1 aromatic rings. The van der Waals surface area contributed by atoms with Crippen molar-refractivity contribution in [2.24, 2.45) is 5.16 Å². The summed E-state index contributed by atoms with van der Waals surface area (Å²) in [6.45, 7) is 2.26. The summed E-state index contributed by atoms with van der Waals surface area (Å²) in [7, 11) is 0. The maximum absolute atomic E-state index is 10.6. The second-order valence-corrected chi connectivity index (χ2v) is 7.07. The summed E-state index contributed by atoms with van der Waals surface area (Å²) in [5.74, 6) is -0.885. The molecular weight excluding hydrogens is 326 g/mol. The number of carbonyl (C=O) groups is 1. The van der Waals surface area contributed by atoms with Crippen molar-refractivity contribution in [2.45, 2.75) is 90.4 Å². The molecular formula is C22H35NO3. The number of aryl methyl sites for hydroxylation is 1. The molecule has 0 aliphatic carbocycles. The van der Waals surface area contributed by atoms with Crippen molar-refractivity contribution < 1.29 is 15.1 Å². The summed E-state index contributed by atoms with van der Waals surface area (Å²) in [5.41, 5.74) is 2.50. The molecule has 0 fully saturated rings. The maximum Gasteiger partial charge on any atom is 0.303 e. The van der Waals surface area contributed by atoms with Gasteiger partial charge in [0.25, 0.3) is 0 Å². The Balaban J connectivity index is 2.17. The lowest BCUT2D eigenvalue weighted by molar-refractivity contribution is -0.136. The number of unbranched alkanes of at least 4 members (excludes halogenated alkanes) is 9. The Morgan fingerprint density at radius 3 is 1.88 bits per heavy atom. The smallest absolute Gasteiger partial charge is 0.303 e. The largest absolute Gasteiger partial charge is 0.481 e.